The fraction of sp³-hybridized carbons (Fsp3) is 0.409. The molecule has 3 aromatic rings. The number of aliphatic hydroxyl groups is 1. The van der Waals surface area contributed by atoms with Crippen molar-refractivity contribution in [3.63, 3.8) is 0 Å². The van der Waals surface area contributed by atoms with Crippen molar-refractivity contribution in [3.8, 4) is 0 Å². The summed E-state index contributed by atoms with van der Waals surface area (Å²) >= 11 is 0. The van der Waals surface area contributed by atoms with E-state index in [1.807, 2.05) is 49.3 Å². The highest BCUT2D eigenvalue weighted by molar-refractivity contribution is 5.91. The molecule has 10 heteroatoms. The fourth-order valence-electron chi connectivity index (χ4n) is 3.15. The van der Waals surface area contributed by atoms with Crippen LogP contribution in [0.4, 0.5) is 11.5 Å². The summed E-state index contributed by atoms with van der Waals surface area (Å²) in [6.07, 6.45) is 3.78. The molecule has 0 radical (unpaired) electrons. The first kappa shape index (κ1) is 23.3. The summed E-state index contributed by atoms with van der Waals surface area (Å²) in [7, 11) is 5.60. The van der Waals surface area contributed by atoms with Crippen molar-refractivity contribution in [2.75, 3.05) is 31.4 Å². The van der Waals surface area contributed by atoms with Gasteiger partial charge in [-0.05, 0) is 56.1 Å². The van der Waals surface area contributed by atoms with E-state index in [1.165, 1.54) is 0 Å². The molecule has 0 aliphatic rings. The number of carbonyl (C=O) groups excluding carboxylic acids is 1. The van der Waals surface area contributed by atoms with Crippen LogP contribution in [0.25, 0.3) is 0 Å². The van der Waals surface area contributed by atoms with Crippen LogP contribution in [-0.2, 0) is 24.2 Å². The van der Waals surface area contributed by atoms with Gasteiger partial charge >= 0.3 is 0 Å². The Kier molecular flexibility index (Phi) is 8.23. The van der Waals surface area contributed by atoms with Crippen LogP contribution in [0.2, 0.25) is 0 Å². The van der Waals surface area contributed by atoms with Crippen molar-refractivity contribution in [1.82, 2.24) is 30.5 Å². The number of nitrogens with one attached hydrogen (secondary N) is 2. The summed E-state index contributed by atoms with van der Waals surface area (Å²) in [5, 5.41) is 31.5. The molecule has 0 aliphatic heterocycles. The summed E-state index contributed by atoms with van der Waals surface area (Å²) in [4.78, 5) is 14.3. The molecule has 0 aliphatic carbocycles. The third-order valence-electron chi connectivity index (χ3n) is 4.96. The largest absolute Gasteiger partial charge is 0.378 e. The number of hydrogen-bond acceptors (Lipinski definition) is 8. The summed E-state index contributed by atoms with van der Waals surface area (Å²) in [5.41, 5.74) is 3.37. The van der Waals surface area contributed by atoms with Gasteiger partial charge in [-0.15, -0.1) is 10.2 Å². The van der Waals surface area contributed by atoms with Crippen molar-refractivity contribution in [2.24, 2.45) is 0 Å². The van der Waals surface area contributed by atoms with Crippen LogP contribution in [-0.4, -0.2) is 57.3 Å². The van der Waals surface area contributed by atoms with E-state index in [-0.39, 0.29) is 12.3 Å². The minimum absolute atomic E-state index is 0.126. The maximum atomic E-state index is 12.3. The number of anilines is 2. The van der Waals surface area contributed by atoms with Crippen molar-refractivity contribution < 1.29 is 9.90 Å². The molecular weight excluding hydrogens is 408 g/mol. The molecule has 2 aromatic heterocycles. The monoisotopic (exact) mass is 438 g/mol. The van der Waals surface area contributed by atoms with Crippen molar-refractivity contribution in [3.05, 3.63) is 59.5 Å². The first-order valence-electron chi connectivity index (χ1n) is 10.6. The van der Waals surface area contributed by atoms with Crippen LogP contribution in [0.1, 0.15) is 36.0 Å². The molecular formula is C22H30N8O2. The summed E-state index contributed by atoms with van der Waals surface area (Å²) < 4.78 is 1.72. The lowest BCUT2D eigenvalue weighted by atomic mass is 10.1. The fourth-order valence-corrected chi connectivity index (χ4v) is 3.15. The highest BCUT2D eigenvalue weighted by Gasteiger charge is 2.09. The van der Waals surface area contributed by atoms with Gasteiger partial charge in [0.2, 0.25) is 5.91 Å². The van der Waals surface area contributed by atoms with Crippen LogP contribution in [0, 0.1) is 0 Å². The van der Waals surface area contributed by atoms with E-state index in [2.05, 4.69) is 31.1 Å². The molecule has 0 fully saturated rings. The van der Waals surface area contributed by atoms with Crippen LogP contribution in [0.3, 0.4) is 0 Å². The minimum atomic E-state index is -0.804. The van der Waals surface area contributed by atoms with Crippen LogP contribution in [0.15, 0.2) is 42.6 Å². The minimum Gasteiger partial charge on any atom is -0.378 e. The maximum Gasteiger partial charge on any atom is 0.229 e. The van der Waals surface area contributed by atoms with Crippen molar-refractivity contribution >= 4 is 17.4 Å². The number of carbonyl (C=O) groups is 1. The number of aryl methyl sites for hydroxylation is 2. The molecule has 32 heavy (non-hydrogen) atoms. The third-order valence-corrected chi connectivity index (χ3v) is 4.96. The Bertz CT molecular complexity index is 1000. The Hall–Kier alpha value is -3.37. The van der Waals surface area contributed by atoms with Gasteiger partial charge in [0.15, 0.2) is 12.0 Å². The molecule has 0 saturated heterocycles. The second kappa shape index (κ2) is 11.3. The van der Waals surface area contributed by atoms with Gasteiger partial charge in [-0.25, -0.2) is 0 Å². The van der Waals surface area contributed by atoms with E-state index in [1.54, 1.807) is 24.0 Å². The Morgan fingerprint density at radius 1 is 1.16 bits per heavy atom. The third kappa shape index (κ3) is 6.82. The zero-order valence-electron chi connectivity index (χ0n) is 18.7. The summed E-state index contributed by atoms with van der Waals surface area (Å²) in [6.45, 7) is 0.708. The van der Waals surface area contributed by atoms with Crippen molar-refractivity contribution in [2.45, 2.75) is 38.5 Å². The van der Waals surface area contributed by atoms with Crippen LogP contribution >= 0.6 is 0 Å². The molecule has 1 amide bonds. The van der Waals surface area contributed by atoms with E-state index in [0.717, 1.165) is 36.2 Å². The Labute approximate surface area is 187 Å². The second-order valence-electron chi connectivity index (χ2n) is 7.75. The van der Waals surface area contributed by atoms with E-state index >= 15 is 0 Å². The quantitative estimate of drug-likeness (QED) is 0.305. The van der Waals surface area contributed by atoms with Gasteiger partial charge in [0.05, 0.1) is 18.3 Å². The summed E-state index contributed by atoms with van der Waals surface area (Å²) in [6, 6.07) is 11.5. The maximum absolute atomic E-state index is 12.3. The van der Waals surface area contributed by atoms with E-state index in [9.17, 15) is 9.90 Å². The number of rotatable bonds is 11. The summed E-state index contributed by atoms with van der Waals surface area (Å²) in [5.74, 6) is 0.319. The van der Waals surface area contributed by atoms with E-state index in [4.69, 9.17) is 0 Å². The number of nitrogens with zero attached hydrogens (tertiary/aromatic N) is 6. The van der Waals surface area contributed by atoms with E-state index < -0.39 is 6.23 Å². The first-order chi connectivity index (χ1) is 15.4. The number of amides is 1. The van der Waals surface area contributed by atoms with Gasteiger partial charge in [-0.2, -0.15) is 5.10 Å². The van der Waals surface area contributed by atoms with Gasteiger partial charge in [-0.3, -0.25) is 14.8 Å². The lowest BCUT2D eigenvalue weighted by molar-refractivity contribution is -0.115. The molecule has 0 saturated carbocycles. The molecule has 2 heterocycles. The second-order valence-corrected chi connectivity index (χ2v) is 7.75. The Balaban J connectivity index is 1.41. The highest BCUT2D eigenvalue weighted by Crippen LogP contribution is 2.14. The first-order valence-corrected chi connectivity index (χ1v) is 10.6. The highest BCUT2D eigenvalue weighted by atomic mass is 16.3. The SMILES string of the molecule is CNC(O)c1cn(CCCCc2ccc(NC(=O)Cc3cccc(N(C)C)c3)nn2)nn1. The number of aromatic nitrogens is 5. The number of benzene rings is 1. The van der Waals surface area contributed by atoms with Crippen LogP contribution in [0.5, 0.6) is 0 Å². The predicted molar refractivity (Wildman–Crippen MR) is 122 cm³/mol. The molecule has 0 spiro atoms. The zero-order valence-corrected chi connectivity index (χ0v) is 18.7. The molecule has 1 aromatic carbocycles. The topological polar surface area (TPSA) is 121 Å². The Morgan fingerprint density at radius 2 is 2.00 bits per heavy atom. The standard InChI is InChI=1S/C22H30N8O2/c1-23-22(32)19-15-30(28-26-19)12-5-4-8-17-10-11-20(27-25-17)24-21(31)14-16-7-6-9-18(13-16)29(2)3/h6-7,9-11,13,15,22-23,32H,4-5,8,12,14H2,1-3H3,(H,24,27,31). The molecule has 170 valence electrons. The van der Waals surface area contributed by atoms with Gasteiger partial charge in [0.25, 0.3) is 0 Å². The van der Waals surface area contributed by atoms with Gasteiger partial charge in [-0.1, -0.05) is 17.3 Å². The average molecular weight is 439 g/mol. The van der Waals surface area contributed by atoms with Crippen LogP contribution < -0.4 is 15.5 Å². The smallest absolute Gasteiger partial charge is 0.229 e. The number of unbranched alkanes of at least 4 members (excludes halogenated alkanes) is 1. The molecule has 0 bridgehead atoms. The van der Waals surface area contributed by atoms with Gasteiger partial charge in [0.1, 0.15) is 5.69 Å². The molecule has 3 rings (SSSR count). The zero-order chi connectivity index (χ0) is 22.9. The normalized spacial score (nSPS) is 11.9. The molecule has 10 nitrogen and oxygen atoms in total. The van der Waals surface area contributed by atoms with Crippen molar-refractivity contribution in [1.29, 1.82) is 0 Å². The van der Waals surface area contributed by atoms with Gasteiger partial charge in [0, 0.05) is 26.3 Å². The Morgan fingerprint density at radius 3 is 2.72 bits per heavy atom. The van der Waals surface area contributed by atoms with E-state index in [0.29, 0.717) is 18.1 Å². The molecule has 3 N–H and O–H groups in total. The van der Waals surface area contributed by atoms with Gasteiger partial charge < -0.3 is 15.3 Å². The predicted octanol–water partition coefficient (Wildman–Crippen LogP) is 1.55. The molecule has 1 atom stereocenters. The molecule has 1 unspecified atom stereocenters. The number of aliphatic hydroxyl groups excluding tert-OH is 1. The average Bonchev–Trinajstić information content (AvgIpc) is 3.26. The number of hydrogen-bond donors (Lipinski definition) is 3. The lowest BCUT2D eigenvalue weighted by Crippen LogP contribution is -2.16. The lowest BCUT2D eigenvalue weighted by Gasteiger charge is -2.13.